The van der Waals surface area contributed by atoms with Crippen molar-refractivity contribution in [2.45, 2.75) is 13.0 Å². The van der Waals surface area contributed by atoms with Crippen LogP contribution >= 0.6 is 11.6 Å². The van der Waals surface area contributed by atoms with Crippen LogP contribution in [0.4, 0.5) is 0 Å². The Balaban J connectivity index is 1.74. The third kappa shape index (κ3) is 4.28. The second-order valence-electron chi connectivity index (χ2n) is 5.70. The first-order chi connectivity index (χ1) is 12.7. The predicted octanol–water partition coefficient (Wildman–Crippen LogP) is 3.04. The molecule has 7 heteroatoms. The minimum absolute atomic E-state index is 0.219. The fraction of sp³-hybridized carbons (Fsp3) is 0.211. The van der Waals surface area contributed by atoms with E-state index in [0.717, 1.165) is 17.7 Å². The predicted molar refractivity (Wildman–Crippen MR) is 99.6 cm³/mol. The van der Waals surface area contributed by atoms with Crippen LogP contribution in [0.1, 0.15) is 21.7 Å². The van der Waals surface area contributed by atoms with E-state index in [-0.39, 0.29) is 18.2 Å². The lowest BCUT2D eigenvalue weighted by molar-refractivity contribution is 0.0943. The SMILES string of the molecule is COCc1c(C(=O)NCCc2ccccc2)nnn1-c1ccc(Cl)cc1. The third-order valence-corrected chi connectivity index (χ3v) is 4.12. The summed E-state index contributed by atoms with van der Waals surface area (Å²) in [6.07, 6.45) is 0.748. The molecule has 0 radical (unpaired) electrons. The first-order valence-corrected chi connectivity index (χ1v) is 8.58. The van der Waals surface area contributed by atoms with Gasteiger partial charge in [-0.15, -0.1) is 5.10 Å². The van der Waals surface area contributed by atoms with Gasteiger partial charge in [0.15, 0.2) is 5.69 Å². The zero-order chi connectivity index (χ0) is 18.4. The quantitative estimate of drug-likeness (QED) is 0.694. The van der Waals surface area contributed by atoms with Crippen molar-refractivity contribution in [1.29, 1.82) is 0 Å². The normalized spacial score (nSPS) is 10.7. The van der Waals surface area contributed by atoms with E-state index in [1.165, 1.54) is 0 Å². The molecule has 2 aromatic carbocycles. The lowest BCUT2D eigenvalue weighted by Crippen LogP contribution is -2.27. The maximum Gasteiger partial charge on any atom is 0.273 e. The van der Waals surface area contributed by atoms with Gasteiger partial charge in [0.25, 0.3) is 5.91 Å². The van der Waals surface area contributed by atoms with Gasteiger partial charge in [0.1, 0.15) is 5.69 Å². The second kappa shape index (κ2) is 8.60. The van der Waals surface area contributed by atoms with Crippen molar-refractivity contribution in [3.63, 3.8) is 0 Å². The molecule has 3 rings (SSSR count). The smallest absolute Gasteiger partial charge is 0.273 e. The summed E-state index contributed by atoms with van der Waals surface area (Å²) in [5.41, 5.74) is 2.77. The Morgan fingerprint density at radius 3 is 2.58 bits per heavy atom. The van der Waals surface area contributed by atoms with Crippen LogP contribution in [0.3, 0.4) is 0 Å². The summed E-state index contributed by atoms with van der Waals surface area (Å²) >= 11 is 5.93. The van der Waals surface area contributed by atoms with E-state index < -0.39 is 0 Å². The van der Waals surface area contributed by atoms with Gasteiger partial charge in [-0.1, -0.05) is 47.1 Å². The number of benzene rings is 2. The number of hydrogen-bond donors (Lipinski definition) is 1. The lowest BCUT2D eigenvalue weighted by Gasteiger charge is -2.08. The number of carbonyl (C=O) groups is 1. The van der Waals surface area contributed by atoms with E-state index in [1.807, 2.05) is 42.5 Å². The van der Waals surface area contributed by atoms with Gasteiger partial charge in [-0.05, 0) is 36.2 Å². The highest BCUT2D eigenvalue weighted by Gasteiger charge is 2.20. The van der Waals surface area contributed by atoms with Gasteiger partial charge in [0, 0.05) is 18.7 Å². The van der Waals surface area contributed by atoms with Crippen molar-refractivity contribution in [3.8, 4) is 5.69 Å². The second-order valence-corrected chi connectivity index (χ2v) is 6.13. The van der Waals surface area contributed by atoms with Gasteiger partial charge in [-0.3, -0.25) is 4.79 Å². The minimum Gasteiger partial charge on any atom is -0.378 e. The lowest BCUT2D eigenvalue weighted by atomic mass is 10.1. The van der Waals surface area contributed by atoms with Crippen molar-refractivity contribution in [2.24, 2.45) is 0 Å². The fourth-order valence-electron chi connectivity index (χ4n) is 2.58. The summed E-state index contributed by atoms with van der Waals surface area (Å²) in [5.74, 6) is -0.270. The molecule has 0 unspecified atom stereocenters. The van der Waals surface area contributed by atoms with Crippen LogP contribution in [0.25, 0.3) is 5.69 Å². The van der Waals surface area contributed by atoms with Gasteiger partial charge in [-0.2, -0.15) is 0 Å². The summed E-state index contributed by atoms with van der Waals surface area (Å²) in [5, 5.41) is 11.7. The van der Waals surface area contributed by atoms with E-state index in [1.54, 1.807) is 23.9 Å². The number of aromatic nitrogens is 3. The molecule has 0 aliphatic rings. The van der Waals surface area contributed by atoms with Crippen molar-refractivity contribution in [1.82, 2.24) is 20.3 Å². The number of methoxy groups -OCH3 is 1. The van der Waals surface area contributed by atoms with E-state index in [0.29, 0.717) is 17.3 Å². The molecule has 1 amide bonds. The molecule has 0 spiro atoms. The molecule has 0 saturated carbocycles. The topological polar surface area (TPSA) is 69.0 Å². The first kappa shape index (κ1) is 18.1. The monoisotopic (exact) mass is 370 g/mol. The molecule has 0 bridgehead atoms. The summed E-state index contributed by atoms with van der Waals surface area (Å²) in [7, 11) is 1.57. The Bertz CT molecular complexity index is 863. The van der Waals surface area contributed by atoms with Crippen LogP contribution in [0.2, 0.25) is 5.02 Å². The molecule has 3 aromatic rings. The molecule has 26 heavy (non-hydrogen) atoms. The molecule has 0 aliphatic carbocycles. The maximum atomic E-state index is 12.5. The van der Waals surface area contributed by atoms with Crippen LogP contribution in [0, 0.1) is 0 Å². The fourth-order valence-corrected chi connectivity index (χ4v) is 2.71. The number of nitrogens with zero attached hydrogens (tertiary/aromatic N) is 3. The summed E-state index contributed by atoms with van der Waals surface area (Å²) in [6, 6.07) is 17.1. The maximum absolute atomic E-state index is 12.5. The standard InChI is InChI=1S/C19H19ClN4O2/c1-26-13-17-18(19(25)21-12-11-14-5-3-2-4-6-14)22-23-24(17)16-9-7-15(20)8-10-16/h2-10H,11-13H2,1H3,(H,21,25). The highest BCUT2D eigenvalue weighted by molar-refractivity contribution is 6.30. The van der Waals surface area contributed by atoms with Crippen LogP contribution in [-0.4, -0.2) is 34.6 Å². The molecule has 6 nitrogen and oxygen atoms in total. The summed E-state index contributed by atoms with van der Waals surface area (Å²) < 4.78 is 6.82. The molecule has 0 atom stereocenters. The zero-order valence-electron chi connectivity index (χ0n) is 14.4. The molecular weight excluding hydrogens is 352 g/mol. The highest BCUT2D eigenvalue weighted by atomic mass is 35.5. The number of halogens is 1. The van der Waals surface area contributed by atoms with Crippen molar-refractivity contribution in [2.75, 3.05) is 13.7 Å². The Morgan fingerprint density at radius 2 is 1.88 bits per heavy atom. The van der Waals surface area contributed by atoms with Gasteiger partial charge in [0.05, 0.1) is 12.3 Å². The molecule has 134 valence electrons. The van der Waals surface area contributed by atoms with Crippen LogP contribution in [0.15, 0.2) is 54.6 Å². The van der Waals surface area contributed by atoms with Crippen LogP contribution in [0.5, 0.6) is 0 Å². The first-order valence-electron chi connectivity index (χ1n) is 8.20. The van der Waals surface area contributed by atoms with Crippen LogP contribution < -0.4 is 5.32 Å². The number of carbonyl (C=O) groups excluding carboxylic acids is 1. The van der Waals surface area contributed by atoms with E-state index in [4.69, 9.17) is 16.3 Å². The highest BCUT2D eigenvalue weighted by Crippen LogP contribution is 2.17. The van der Waals surface area contributed by atoms with Gasteiger partial charge in [-0.25, -0.2) is 4.68 Å². The van der Waals surface area contributed by atoms with E-state index in [2.05, 4.69) is 15.6 Å². The molecule has 1 N–H and O–H groups in total. The Morgan fingerprint density at radius 1 is 1.15 bits per heavy atom. The molecule has 1 heterocycles. The Kier molecular flexibility index (Phi) is 5.99. The van der Waals surface area contributed by atoms with Crippen molar-refractivity contribution in [3.05, 3.63) is 76.6 Å². The van der Waals surface area contributed by atoms with Crippen molar-refractivity contribution >= 4 is 17.5 Å². The van der Waals surface area contributed by atoms with E-state index in [9.17, 15) is 4.79 Å². The molecule has 0 saturated heterocycles. The van der Waals surface area contributed by atoms with Crippen LogP contribution in [-0.2, 0) is 17.8 Å². The molecular formula is C19H19ClN4O2. The largest absolute Gasteiger partial charge is 0.378 e. The average molecular weight is 371 g/mol. The molecule has 0 fully saturated rings. The number of nitrogens with one attached hydrogen (secondary N) is 1. The Hall–Kier alpha value is -2.70. The summed E-state index contributed by atoms with van der Waals surface area (Å²) in [4.78, 5) is 12.5. The number of hydrogen-bond acceptors (Lipinski definition) is 4. The Labute approximate surface area is 156 Å². The molecule has 1 aromatic heterocycles. The number of amides is 1. The number of rotatable bonds is 7. The van der Waals surface area contributed by atoms with Gasteiger partial charge < -0.3 is 10.1 Å². The van der Waals surface area contributed by atoms with Gasteiger partial charge >= 0.3 is 0 Å². The number of ether oxygens (including phenoxy) is 1. The minimum atomic E-state index is -0.270. The summed E-state index contributed by atoms with van der Waals surface area (Å²) in [6.45, 7) is 0.736. The van der Waals surface area contributed by atoms with Crippen molar-refractivity contribution < 1.29 is 9.53 Å². The van der Waals surface area contributed by atoms with E-state index >= 15 is 0 Å². The zero-order valence-corrected chi connectivity index (χ0v) is 15.1. The third-order valence-electron chi connectivity index (χ3n) is 3.87. The molecule has 0 aliphatic heterocycles. The van der Waals surface area contributed by atoms with Gasteiger partial charge in [0.2, 0.25) is 0 Å². The average Bonchev–Trinajstić information content (AvgIpc) is 3.07.